The van der Waals surface area contributed by atoms with E-state index in [0.717, 1.165) is 16.5 Å². The Morgan fingerprint density at radius 1 is 1.60 bits per heavy atom. The van der Waals surface area contributed by atoms with Crippen LogP contribution in [0.15, 0.2) is 27.8 Å². The molecular formula is C16H22N4O3S2. The number of ether oxygens (including phenoxy) is 1. The van der Waals surface area contributed by atoms with E-state index in [4.69, 9.17) is 4.74 Å². The van der Waals surface area contributed by atoms with Gasteiger partial charge in [0.05, 0.1) is 24.8 Å². The van der Waals surface area contributed by atoms with E-state index in [1.165, 1.54) is 11.3 Å². The van der Waals surface area contributed by atoms with Crippen LogP contribution in [0.5, 0.6) is 0 Å². The minimum Gasteiger partial charge on any atom is -0.598 e. The fraction of sp³-hybridized carbons (Fsp3) is 0.562. The average Bonchev–Trinajstić information content (AvgIpc) is 3.23. The summed E-state index contributed by atoms with van der Waals surface area (Å²) in [6.07, 6.45) is 2.36. The van der Waals surface area contributed by atoms with Gasteiger partial charge in [-0.2, -0.15) is 0 Å². The maximum absolute atomic E-state index is 12.3. The second-order valence-corrected chi connectivity index (χ2v) is 8.77. The van der Waals surface area contributed by atoms with Gasteiger partial charge in [0.15, 0.2) is 10.8 Å². The highest BCUT2D eigenvalue weighted by molar-refractivity contribution is 7.90. The Morgan fingerprint density at radius 2 is 2.40 bits per heavy atom. The molecule has 9 heteroatoms. The SMILES string of the molecule is CCOC(=O)C1=C2CC(N[S+]([O-])C(C)C)CN2C(c2nccs2)=NC1. The molecule has 0 saturated carbocycles. The van der Waals surface area contributed by atoms with E-state index in [9.17, 15) is 9.35 Å². The predicted molar refractivity (Wildman–Crippen MR) is 98.7 cm³/mol. The highest BCUT2D eigenvalue weighted by Gasteiger charge is 2.39. The number of hydrogen-bond donors (Lipinski definition) is 1. The van der Waals surface area contributed by atoms with E-state index in [1.807, 2.05) is 24.1 Å². The van der Waals surface area contributed by atoms with Gasteiger partial charge in [0, 0.05) is 41.6 Å². The molecule has 2 aliphatic rings. The van der Waals surface area contributed by atoms with Gasteiger partial charge in [-0.25, -0.2) is 9.78 Å². The highest BCUT2D eigenvalue weighted by atomic mass is 32.2. The lowest BCUT2D eigenvalue weighted by Crippen LogP contribution is -2.41. The van der Waals surface area contributed by atoms with Gasteiger partial charge in [-0.05, 0) is 20.8 Å². The smallest absolute Gasteiger partial charge is 0.337 e. The molecule has 1 N–H and O–H groups in total. The van der Waals surface area contributed by atoms with Gasteiger partial charge >= 0.3 is 5.97 Å². The minimum atomic E-state index is -1.12. The minimum absolute atomic E-state index is 0.00841. The molecule has 136 valence electrons. The summed E-state index contributed by atoms with van der Waals surface area (Å²) in [7, 11) is 0. The fourth-order valence-electron chi connectivity index (χ4n) is 2.87. The molecule has 0 radical (unpaired) electrons. The number of thiazole rings is 1. The van der Waals surface area contributed by atoms with Crippen LogP contribution in [0, 0.1) is 0 Å². The first-order valence-electron chi connectivity index (χ1n) is 8.29. The molecule has 0 amide bonds. The van der Waals surface area contributed by atoms with E-state index >= 15 is 0 Å². The summed E-state index contributed by atoms with van der Waals surface area (Å²) >= 11 is 0.399. The Bertz CT molecular complexity index is 688. The van der Waals surface area contributed by atoms with Crippen molar-refractivity contribution in [3.8, 4) is 0 Å². The van der Waals surface area contributed by atoms with Crippen LogP contribution in [-0.2, 0) is 20.9 Å². The molecule has 1 fully saturated rings. The van der Waals surface area contributed by atoms with E-state index in [-0.39, 0.29) is 17.3 Å². The van der Waals surface area contributed by atoms with Crippen LogP contribution in [-0.4, -0.2) is 57.2 Å². The van der Waals surface area contributed by atoms with Gasteiger partial charge in [-0.1, -0.05) is 0 Å². The van der Waals surface area contributed by atoms with Gasteiger partial charge in [0.2, 0.25) is 0 Å². The Morgan fingerprint density at radius 3 is 3.04 bits per heavy atom. The number of aromatic nitrogens is 1. The molecule has 1 saturated heterocycles. The van der Waals surface area contributed by atoms with Crippen LogP contribution in [0.25, 0.3) is 0 Å². The van der Waals surface area contributed by atoms with Crippen molar-refractivity contribution in [2.75, 3.05) is 19.7 Å². The van der Waals surface area contributed by atoms with Crippen molar-refractivity contribution in [1.29, 1.82) is 0 Å². The van der Waals surface area contributed by atoms with Crippen molar-refractivity contribution in [3.63, 3.8) is 0 Å². The normalized spacial score (nSPS) is 21.4. The standard InChI is InChI=1S/C16H22N4O3S2/c1-4-23-16(21)12-8-18-14(15-17-5-6-24-15)20-9-11(7-13(12)20)19-25(22)10(2)3/h5-6,10-11,19H,4,7-9H2,1-3H3. The molecule has 0 bridgehead atoms. The Balaban J connectivity index is 1.87. The molecule has 2 aliphatic heterocycles. The van der Waals surface area contributed by atoms with Crippen molar-refractivity contribution < 1.29 is 14.1 Å². The summed E-state index contributed by atoms with van der Waals surface area (Å²) in [4.78, 5) is 23.2. The fourth-order valence-corrected chi connectivity index (χ4v) is 4.28. The van der Waals surface area contributed by atoms with Crippen LogP contribution in [0.2, 0.25) is 0 Å². The van der Waals surface area contributed by atoms with Gasteiger partial charge in [0.25, 0.3) is 0 Å². The molecule has 7 nitrogen and oxygen atoms in total. The first-order chi connectivity index (χ1) is 12.0. The van der Waals surface area contributed by atoms with Crippen LogP contribution in [0.1, 0.15) is 32.2 Å². The Labute approximate surface area is 154 Å². The zero-order chi connectivity index (χ0) is 18.0. The van der Waals surface area contributed by atoms with Crippen molar-refractivity contribution in [2.24, 2.45) is 4.99 Å². The number of rotatable bonds is 6. The largest absolute Gasteiger partial charge is 0.598 e. The molecular weight excluding hydrogens is 360 g/mol. The Kier molecular flexibility index (Phi) is 5.78. The number of carbonyl (C=O) groups is 1. The average molecular weight is 383 g/mol. The summed E-state index contributed by atoms with van der Waals surface area (Å²) < 4.78 is 20.5. The third kappa shape index (κ3) is 3.89. The van der Waals surface area contributed by atoms with E-state index in [0.29, 0.717) is 31.7 Å². The third-order valence-corrected chi connectivity index (χ3v) is 6.21. The van der Waals surface area contributed by atoms with Crippen LogP contribution >= 0.6 is 11.3 Å². The molecule has 3 heterocycles. The molecule has 3 rings (SSSR count). The topological polar surface area (TPSA) is 89.9 Å². The number of fused-ring (bicyclic) bond motifs is 1. The summed E-state index contributed by atoms with van der Waals surface area (Å²) in [5.41, 5.74) is 1.48. The summed E-state index contributed by atoms with van der Waals surface area (Å²) in [5.74, 6) is 0.452. The number of amidine groups is 1. The van der Waals surface area contributed by atoms with Crippen molar-refractivity contribution >= 4 is 34.5 Å². The van der Waals surface area contributed by atoms with Crippen LogP contribution < -0.4 is 4.72 Å². The number of nitrogens with zero attached hydrogens (tertiary/aromatic N) is 3. The molecule has 2 atom stereocenters. The monoisotopic (exact) mass is 382 g/mol. The van der Waals surface area contributed by atoms with Gasteiger partial charge in [-0.15, -0.1) is 16.1 Å². The predicted octanol–water partition coefficient (Wildman–Crippen LogP) is 1.46. The second kappa shape index (κ2) is 7.86. The van der Waals surface area contributed by atoms with Gasteiger partial charge < -0.3 is 14.2 Å². The quantitative estimate of drug-likeness (QED) is 0.592. The summed E-state index contributed by atoms with van der Waals surface area (Å²) in [6, 6.07) is -0.00841. The van der Waals surface area contributed by atoms with Crippen molar-refractivity contribution in [3.05, 3.63) is 27.9 Å². The lowest BCUT2D eigenvalue weighted by molar-refractivity contribution is -0.138. The lowest BCUT2D eigenvalue weighted by atomic mass is 10.1. The van der Waals surface area contributed by atoms with Crippen molar-refractivity contribution in [2.45, 2.75) is 38.5 Å². The second-order valence-electron chi connectivity index (χ2n) is 6.10. The van der Waals surface area contributed by atoms with Crippen molar-refractivity contribution in [1.82, 2.24) is 14.6 Å². The van der Waals surface area contributed by atoms with Gasteiger partial charge in [-0.3, -0.25) is 4.99 Å². The zero-order valence-corrected chi connectivity index (χ0v) is 16.2. The zero-order valence-electron chi connectivity index (χ0n) is 14.5. The lowest BCUT2D eigenvalue weighted by Gasteiger charge is -2.26. The number of nitrogens with one attached hydrogen (secondary N) is 1. The number of hydrogen-bond acceptors (Lipinski definition) is 8. The third-order valence-electron chi connectivity index (χ3n) is 4.02. The molecule has 2 unspecified atom stereocenters. The maximum atomic E-state index is 12.3. The van der Waals surface area contributed by atoms with E-state index < -0.39 is 11.4 Å². The first kappa shape index (κ1) is 18.4. The Hall–Kier alpha value is -1.42. The number of aliphatic imine (C=N–C) groups is 1. The number of carbonyl (C=O) groups excluding carboxylic acids is 1. The number of esters is 1. The molecule has 0 aromatic carbocycles. The molecule has 0 spiro atoms. The van der Waals surface area contributed by atoms with Crippen LogP contribution in [0.3, 0.4) is 0 Å². The molecule has 25 heavy (non-hydrogen) atoms. The first-order valence-corrected chi connectivity index (χ1v) is 10.4. The highest BCUT2D eigenvalue weighted by Crippen LogP contribution is 2.32. The maximum Gasteiger partial charge on any atom is 0.337 e. The van der Waals surface area contributed by atoms with E-state index in [2.05, 4.69) is 14.7 Å². The van der Waals surface area contributed by atoms with Crippen LogP contribution in [0.4, 0.5) is 0 Å². The molecule has 1 aromatic rings. The summed E-state index contributed by atoms with van der Waals surface area (Å²) in [5, 5.41) is 2.76. The molecule has 1 aromatic heterocycles. The van der Waals surface area contributed by atoms with Gasteiger partial charge in [0.1, 0.15) is 5.25 Å². The summed E-state index contributed by atoms with van der Waals surface area (Å²) in [6.45, 7) is 6.85. The molecule has 0 aliphatic carbocycles. The van der Waals surface area contributed by atoms with E-state index in [1.54, 1.807) is 13.1 Å².